The Morgan fingerprint density at radius 3 is 2.50 bits per heavy atom. The molecule has 0 bridgehead atoms. The molecule has 0 aliphatic heterocycles. The molecule has 0 radical (unpaired) electrons. The van der Waals surface area contributed by atoms with Gasteiger partial charge in [0.2, 0.25) is 0 Å². The number of benzene rings is 2. The van der Waals surface area contributed by atoms with Gasteiger partial charge in [0.25, 0.3) is 0 Å². The summed E-state index contributed by atoms with van der Waals surface area (Å²) in [6.45, 7) is 9.20. The van der Waals surface area contributed by atoms with E-state index in [-0.39, 0.29) is 6.10 Å². The SMILES string of the molecule is Cc1cccc(OC(C)CNc2ccc(C)c(C)c2)c1. The number of aryl methyl sites for hydroxylation is 3. The van der Waals surface area contributed by atoms with Crippen LogP contribution in [0.2, 0.25) is 0 Å². The fraction of sp³-hybridized carbons (Fsp3) is 0.333. The first-order chi connectivity index (χ1) is 9.54. The van der Waals surface area contributed by atoms with Crippen LogP contribution in [-0.2, 0) is 0 Å². The minimum Gasteiger partial charge on any atom is -0.489 e. The summed E-state index contributed by atoms with van der Waals surface area (Å²) in [5.41, 5.74) is 4.99. The van der Waals surface area contributed by atoms with Crippen LogP contribution in [0.15, 0.2) is 42.5 Å². The second-order valence-electron chi connectivity index (χ2n) is 5.42. The molecule has 0 aliphatic carbocycles. The van der Waals surface area contributed by atoms with Crippen molar-refractivity contribution in [3.05, 3.63) is 59.2 Å². The van der Waals surface area contributed by atoms with Crippen LogP contribution in [0.3, 0.4) is 0 Å². The monoisotopic (exact) mass is 269 g/mol. The van der Waals surface area contributed by atoms with Crippen molar-refractivity contribution in [2.75, 3.05) is 11.9 Å². The lowest BCUT2D eigenvalue weighted by Gasteiger charge is -2.17. The third-order valence-corrected chi connectivity index (χ3v) is 3.43. The third kappa shape index (κ3) is 4.02. The van der Waals surface area contributed by atoms with Crippen molar-refractivity contribution in [2.24, 2.45) is 0 Å². The molecular weight excluding hydrogens is 246 g/mol. The predicted molar refractivity (Wildman–Crippen MR) is 85.7 cm³/mol. The highest BCUT2D eigenvalue weighted by atomic mass is 16.5. The highest BCUT2D eigenvalue weighted by Gasteiger charge is 2.04. The van der Waals surface area contributed by atoms with E-state index < -0.39 is 0 Å². The van der Waals surface area contributed by atoms with Gasteiger partial charge in [0.05, 0.1) is 6.54 Å². The molecule has 0 amide bonds. The summed E-state index contributed by atoms with van der Waals surface area (Å²) in [7, 11) is 0. The van der Waals surface area contributed by atoms with Gasteiger partial charge in [-0.2, -0.15) is 0 Å². The molecule has 0 aliphatic rings. The Balaban J connectivity index is 1.88. The molecule has 1 N–H and O–H groups in total. The van der Waals surface area contributed by atoms with Gasteiger partial charge in [-0.25, -0.2) is 0 Å². The smallest absolute Gasteiger partial charge is 0.120 e. The maximum Gasteiger partial charge on any atom is 0.120 e. The lowest BCUT2D eigenvalue weighted by atomic mass is 10.1. The maximum absolute atomic E-state index is 5.91. The van der Waals surface area contributed by atoms with Gasteiger partial charge >= 0.3 is 0 Å². The molecule has 0 saturated heterocycles. The molecule has 1 unspecified atom stereocenters. The van der Waals surface area contributed by atoms with E-state index in [2.05, 4.69) is 63.3 Å². The van der Waals surface area contributed by atoms with Crippen molar-refractivity contribution in [1.82, 2.24) is 0 Å². The van der Waals surface area contributed by atoms with Crippen LogP contribution in [-0.4, -0.2) is 12.6 Å². The topological polar surface area (TPSA) is 21.3 Å². The summed E-state index contributed by atoms with van der Waals surface area (Å²) in [5, 5.41) is 3.42. The van der Waals surface area contributed by atoms with Gasteiger partial charge in [0.1, 0.15) is 11.9 Å². The van der Waals surface area contributed by atoms with Gasteiger partial charge in [0, 0.05) is 5.69 Å². The second kappa shape index (κ2) is 6.47. The van der Waals surface area contributed by atoms with Gasteiger partial charge in [-0.3, -0.25) is 0 Å². The van der Waals surface area contributed by atoms with Gasteiger partial charge in [-0.1, -0.05) is 18.2 Å². The Morgan fingerprint density at radius 2 is 1.80 bits per heavy atom. The number of ether oxygens (including phenoxy) is 1. The van der Waals surface area contributed by atoms with Crippen LogP contribution < -0.4 is 10.1 Å². The van der Waals surface area contributed by atoms with E-state index in [0.29, 0.717) is 0 Å². The summed E-state index contributed by atoms with van der Waals surface area (Å²) in [4.78, 5) is 0. The Morgan fingerprint density at radius 1 is 1.00 bits per heavy atom. The first-order valence-corrected chi connectivity index (χ1v) is 7.09. The van der Waals surface area contributed by atoms with Crippen LogP contribution >= 0.6 is 0 Å². The fourth-order valence-electron chi connectivity index (χ4n) is 2.08. The molecule has 2 rings (SSSR count). The number of rotatable bonds is 5. The first kappa shape index (κ1) is 14.4. The van der Waals surface area contributed by atoms with Crippen molar-refractivity contribution in [1.29, 1.82) is 0 Å². The van der Waals surface area contributed by atoms with Gasteiger partial charge in [0.15, 0.2) is 0 Å². The van der Waals surface area contributed by atoms with Crippen LogP contribution in [0.25, 0.3) is 0 Å². The van der Waals surface area contributed by atoms with Crippen LogP contribution in [0.4, 0.5) is 5.69 Å². The van der Waals surface area contributed by atoms with E-state index in [1.165, 1.54) is 16.7 Å². The molecule has 2 aromatic carbocycles. The molecule has 1 atom stereocenters. The molecule has 0 heterocycles. The lowest BCUT2D eigenvalue weighted by Crippen LogP contribution is -2.22. The molecule has 2 nitrogen and oxygen atoms in total. The summed E-state index contributed by atoms with van der Waals surface area (Å²) in [5.74, 6) is 0.930. The second-order valence-corrected chi connectivity index (χ2v) is 5.42. The minimum absolute atomic E-state index is 0.124. The Hall–Kier alpha value is -1.96. The zero-order valence-corrected chi connectivity index (χ0v) is 12.7. The average molecular weight is 269 g/mol. The number of hydrogen-bond donors (Lipinski definition) is 1. The van der Waals surface area contributed by atoms with Crippen molar-refractivity contribution in [3.63, 3.8) is 0 Å². The highest BCUT2D eigenvalue weighted by molar-refractivity contribution is 5.48. The van der Waals surface area contributed by atoms with E-state index in [0.717, 1.165) is 18.0 Å². The standard InChI is InChI=1S/C18H23NO/c1-13-6-5-7-18(10-13)20-16(4)12-19-17-9-8-14(2)15(3)11-17/h5-11,16,19H,12H2,1-4H3. The molecule has 0 spiro atoms. The molecule has 2 aromatic rings. The summed E-state index contributed by atoms with van der Waals surface area (Å²) in [6.07, 6.45) is 0.124. The van der Waals surface area contributed by atoms with Gasteiger partial charge in [-0.05, 0) is 68.7 Å². The minimum atomic E-state index is 0.124. The van der Waals surface area contributed by atoms with Crippen LogP contribution in [0.5, 0.6) is 5.75 Å². The Kier molecular flexibility index (Phi) is 4.67. The Labute approximate surface area is 121 Å². The largest absolute Gasteiger partial charge is 0.489 e. The molecule has 106 valence electrons. The lowest BCUT2D eigenvalue weighted by molar-refractivity contribution is 0.234. The summed E-state index contributed by atoms with van der Waals surface area (Å²) < 4.78 is 5.91. The molecular formula is C18H23NO. The van der Waals surface area contributed by atoms with E-state index in [1.807, 2.05) is 12.1 Å². The first-order valence-electron chi connectivity index (χ1n) is 7.09. The van der Waals surface area contributed by atoms with E-state index >= 15 is 0 Å². The van der Waals surface area contributed by atoms with Crippen molar-refractivity contribution in [2.45, 2.75) is 33.8 Å². The molecule has 0 fully saturated rings. The van der Waals surface area contributed by atoms with Crippen molar-refractivity contribution >= 4 is 5.69 Å². The van der Waals surface area contributed by atoms with Crippen LogP contribution in [0.1, 0.15) is 23.6 Å². The fourth-order valence-corrected chi connectivity index (χ4v) is 2.08. The van der Waals surface area contributed by atoms with Crippen LogP contribution in [0, 0.1) is 20.8 Å². The molecule has 0 aromatic heterocycles. The average Bonchev–Trinajstić information content (AvgIpc) is 2.40. The zero-order valence-electron chi connectivity index (χ0n) is 12.7. The van der Waals surface area contributed by atoms with Crippen molar-refractivity contribution in [3.8, 4) is 5.75 Å². The zero-order chi connectivity index (χ0) is 14.5. The van der Waals surface area contributed by atoms with Gasteiger partial charge in [-0.15, -0.1) is 0 Å². The molecule has 0 saturated carbocycles. The summed E-state index contributed by atoms with van der Waals surface area (Å²) >= 11 is 0. The molecule has 20 heavy (non-hydrogen) atoms. The van der Waals surface area contributed by atoms with E-state index in [9.17, 15) is 0 Å². The number of nitrogens with one attached hydrogen (secondary N) is 1. The normalized spacial score (nSPS) is 12.0. The van der Waals surface area contributed by atoms with Crippen molar-refractivity contribution < 1.29 is 4.74 Å². The summed E-state index contributed by atoms with van der Waals surface area (Å²) in [6, 6.07) is 14.6. The number of hydrogen-bond acceptors (Lipinski definition) is 2. The number of anilines is 1. The van der Waals surface area contributed by atoms with Gasteiger partial charge < -0.3 is 10.1 Å². The Bertz CT molecular complexity index is 577. The quantitative estimate of drug-likeness (QED) is 0.863. The molecule has 2 heteroatoms. The highest BCUT2D eigenvalue weighted by Crippen LogP contribution is 2.16. The predicted octanol–water partition coefficient (Wildman–Crippen LogP) is 4.49. The van der Waals surface area contributed by atoms with E-state index in [4.69, 9.17) is 4.74 Å². The van der Waals surface area contributed by atoms with E-state index in [1.54, 1.807) is 0 Å². The maximum atomic E-state index is 5.91. The third-order valence-electron chi connectivity index (χ3n) is 3.43.